The van der Waals surface area contributed by atoms with Gasteiger partial charge < -0.3 is 39.0 Å². The number of rotatable bonds is 62. The van der Waals surface area contributed by atoms with Gasteiger partial charge in [0.2, 0.25) is 0 Å². The molecule has 1 heterocycles. The van der Waals surface area contributed by atoms with Gasteiger partial charge in [-0.05, 0) is 57.8 Å². The summed E-state index contributed by atoms with van der Waals surface area (Å²) >= 11 is 0. The number of carboxylic acids is 1. The summed E-state index contributed by atoms with van der Waals surface area (Å²) in [5, 5.41) is 31.7. The van der Waals surface area contributed by atoms with E-state index < -0.39 is 67.3 Å². The first kappa shape index (κ1) is 79.7. The first-order valence-electron chi connectivity index (χ1n) is 35.6. The summed E-state index contributed by atoms with van der Waals surface area (Å²) < 4.78 is 28.6. The molecule has 1 aliphatic heterocycles. The molecule has 0 amide bonds. The molecule has 0 saturated carbocycles. The first-order valence-corrected chi connectivity index (χ1v) is 35.6. The van der Waals surface area contributed by atoms with Crippen LogP contribution in [0.1, 0.15) is 342 Å². The number of ether oxygens (including phenoxy) is 5. The lowest BCUT2D eigenvalue weighted by Crippen LogP contribution is -2.61. The van der Waals surface area contributed by atoms with Gasteiger partial charge in [0, 0.05) is 19.3 Å². The molecular formula is C73H130O12. The van der Waals surface area contributed by atoms with Gasteiger partial charge in [0.05, 0.1) is 6.61 Å². The van der Waals surface area contributed by atoms with Crippen molar-refractivity contribution in [1.82, 2.24) is 0 Å². The maximum atomic E-state index is 13.3. The molecule has 3 N–H and O–H groups in total. The van der Waals surface area contributed by atoms with Crippen LogP contribution < -0.4 is 0 Å². The number of allylic oxidation sites excluding steroid dienone is 8. The van der Waals surface area contributed by atoms with E-state index in [1.807, 2.05) is 0 Å². The summed E-state index contributed by atoms with van der Waals surface area (Å²) in [4.78, 5) is 51.5. The standard InChI is InChI=1S/C73H130O12/c1-4-7-10-13-16-19-22-25-28-31-33-36-38-41-44-47-50-53-56-59-65(74)81-62-64(83-66(75)60-57-54-51-48-45-42-40-37-34-32-29-26-23-20-17-14-11-8-5-2)63-82-73-71(69(78)68(77)70(85-73)72(79)80)84-67(76)61-58-55-52-49-46-43-39-35-30-27-24-21-18-15-12-9-6-3/h7,10,16,19,25,28,33,36,64,68-71,73,77-78H,4-6,8-9,11-15,17-18,20-24,26-27,29-32,34-35,37-63H2,1-3H3,(H,79,80)/b10-7-,19-16-,28-25-,36-33-. The second-order valence-corrected chi connectivity index (χ2v) is 24.5. The highest BCUT2D eigenvalue weighted by molar-refractivity contribution is 5.74. The van der Waals surface area contributed by atoms with E-state index in [1.165, 1.54) is 180 Å². The van der Waals surface area contributed by atoms with Crippen molar-refractivity contribution in [1.29, 1.82) is 0 Å². The molecule has 0 aromatic heterocycles. The molecule has 0 aromatic carbocycles. The highest BCUT2D eigenvalue weighted by Crippen LogP contribution is 2.27. The minimum absolute atomic E-state index is 0.0648. The van der Waals surface area contributed by atoms with E-state index in [0.29, 0.717) is 19.3 Å². The molecule has 494 valence electrons. The van der Waals surface area contributed by atoms with Crippen LogP contribution in [-0.4, -0.2) is 89.2 Å². The Balaban J connectivity index is 2.62. The second-order valence-electron chi connectivity index (χ2n) is 24.5. The van der Waals surface area contributed by atoms with Crippen LogP contribution in [0.2, 0.25) is 0 Å². The monoisotopic (exact) mass is 1200 g/mol. The number of aliphatic carboxylic acids is 1. The van der Waals surface area contributed by atoms with Crippen LogP contribution in [0.15, 0.2) is 48.6 Å². The Morgan fingerprint density at radius 1 is 0.400 bits per heavy atom. The fourth-order valence-electron chi connectivity index (χ4n) is 11.0. The smallest absolute Gasteiger partial charge is 0.335 e. The lowest BCUT2D eigenvalue weighted by molar-refractivity contribution is -0.301. The van der Waals surface area contributed by atoms with Crippen LogP contribution in [0.4, 0.5) is 0 Å². The Bertz CT molecular complexity index is 1660. The molecule has 1 rings (SSSR count). The van der Waals surface area contributed by atoms with Crippen LogP contribution >= 0.6 is 0 Å². The van der Waals surface area contributed by atoms with Gasteiger partial charge in [-0.3, -0.25) is 14.4 Å². The minimum atomic E-state index is -1.90. The summed E-state index contributed by atoms with van der Waals surface area (Å²) in [5.41, 5.74) is 0. The molecule has 0 bridgehead atoms. The summed E-state index contributed by atoms with van der Waals surface area (Å²) in [6, 6.07) is 0. The topological polar surface area (TPSA) is 175 Å². The number of esters is 3. The quantitative estimate of drug-likeness (QED) is 0.0228. The van der Waals surface area contributed by atoms with Crippen molar-refractivity contribution < 1.29 is 58.2 Å². The Labute approximate surface area is 520 Å². The van der Waals surface area contributed by atoms with Crippen LogP contribution in [0, 0.1) is 0 Å². The van der Waals surface area contributed by atoms with Crippen LogP contribution in [0.5, 0.6) is 0 Å². The maximum Gasteiger partial charge on any atom is 0.335 e. The SMILES string of the molecule is CC/C=C\C/C=C\C/C=C\C/C=C\CCCCCCCCC(=O)OCC(COC1OC(C(=O)O)C(O)C(O)C1OC(=O)CCCCCCCCCCCCCCCCCCC)OC(=O)CCCCCCCCCCCCCCCCCCCCC. The zero-order valence-corrected chi connectivity index (χ0v) is 54.9. The van der Waals surface area contributed by atoms with E-state index >= 15 is 0 Å². The van der Waals surface area contributed by atoms with Crippen LogP contribution in [0.25, 0.3) is 0 Å². The van der Waals surface area contributed by atoms with Crippen molar-refractivity contribution in [2.24, 2.45) is 0 Å². The maximum absolute atomic E-state index is 13.3. The van der Waals surface area contributed by atoms with Crippen molar-refractivity contribution in [3.63, 3.8) is 0 Å². The van der Waals surface area contributed by atoms with Gasteiger partial charge in [0.1, 0.15) is 18.8 Å². The molecule has 0 radical (unpaired) electrons. The summed E-state index contributed by atoms with van der Waals surface area (Å²) in [6.45, 7) is 5.95. The number of aliphatic hydroxyl groups excluding tert-OH is 2. The Morgan fingerprint density at radius 2 is 0.741 bits per heavy atom. The second kappa shape index (κ2) is 60.9. The molecular weight excluding hydrogens is 1070 g/mol. The zero-order valence-electron chi connectivity index (χ0n) is 54.9. The predicted octanol–water partition coefficient (Wildman–Crippen LogP) is 19.7. The number of carboxylic acid groups (broad SMARTS) is 1. The van der Waals surface area contributed by atoms with E-state index in [2.05, 4.69) is 69.4 Å². The van der Waals surface area contributed by atoms with Crippen molar-refractivity contribution >= 4 is 23.9 Å². The summed E-state index contributed by atoms with van der Waals surface area (Å²) in [6.07, 6.45) is 63.5. The van der Waals surface area contributed by atoms with Gasteiger partial charge >= 0.3 is 23.9 Å². The Morgan fingerprint density at radius 3 is 1.13 bits per heavy atom. The third-order valence-electron chi connectivity index (χ3n) is 16.4. The molecule has 85 heavy (non-hydrogen) atoms. The molecule has 1 saturated heterocycles. The summed E-state index contributed by atoms with van der Waals surface area (Å²) in [7, 11) is 0. The third kappa shape index (κ3) is 50.3. The molecule has 0 aliphatic carbocycles. The summed E-state index contributed by atoms with van der Waals surface area (Å²) in [5.74, 6) is -3.10. The average molecular weight is 1200 g/mol. The van der Waals surface area contributed by atoms with Gasteiger partial charge in [0.15, 0.2) is 24.6 Å². The lowest BCUT2D eigenvalue weighted by Gasteiger charge is -2.40. The van der Waals surface area contributed by atoms with Crippen molar-refractivity contribution in [3.8, 4) is 0 Å². The largest absolute Gasteiger partial charge is 0.479 e. The van der Waals surface area contributed by atoms with Gasteiger partial charge in [-0.25, -0.2) is 4.79 Å². The van der Waals surface area contributed by atoms with Crippen molar-refractivity contribution in [2.45, 2.75) is 379 Å². The van der Waals surface area contributed by atoms with Gasteiger partial charge in [-0.15, -0.1) is 0 Å². The van der Waals surface area contributed by atoms with Gasteiger partial charge in [0.25, 0.3) is 0 Å². The van der Waals surface area contributed by atoms with E-state index in [0.717, 1.165) is 103 Å². The number of hydrogen-bond acceptors (Lipinski definition) is 11. The highest BCUT2D eigenvalue weighted by atomic mass is 16.7. The van der Waals surface area contributed by atoms with Crippen molar-refractivity contribution in [2.75, 3.05) is 13.2 Å². The molecule has 12 nitrogen and oxygen atoms in total. The molecule has 1 aliphatic rings. The minimum Gasteiger partial charge on any atom is -0.479 e. The third-order valence-corrected chi connectivity index (χ3v) is 16.4. The molecule has 6 unspecified atom stereocenters. The molecule has 12 heteroatoms. The van der Waals surface area contributed by atoms with Crippen molar-refractivity contribution in [3.05, 3.63) is 48.6 Å². The van der Waals surface area contributed by atoms with E-state index in [4.69, 9.17) is 23.7 Å². The fraction of sp³-hybridized carbons (Fsp3) is 0.836. The van der Waals surface area contributed by atoms with Gasteiger partial charge in [-0.2, -0.15) is 0 Å². The van der Waals surface area contributed by atoms with E-state index in [9.17, 15) is 34.5 Å². The number of aliphatic hydroxyl groups is 2. The Hall–Kier alpha value is -3.32. The molecule has 0 aromatic rings. The first-order chi connectivity index (χ1) is 41.6. The number of hydrogen-bond donors (Lipinski definition) is 3. The number of unbranched alkanes of at least 4 members (excludes halogenated alkanes) is 40. The number of carbonyl (C=O) groups excluding carboxylic acids is 3. The highest BCUT2D eigenvalue weighted by Gasteiger charge is 2.50. The van der Waals surface area contributed by atoms with Crippen LogP contribution in [0.3, 0.4) is 0 Å². The fourth-order valence-corrected chi connectivity index (χ4v) is 11.0. The van der Waals surface area contributed by atoms with E-state index in [1.54, 1.807) is 0 Å². The lowest BCUT2D eigenvalue weighted by atomic mass is 9.98. The van der Waals surface area contributed by atoms with Gasteiger partial charge in [-0.1, -0.05) is 313 Å². The number of carbonyl (C=O) groups is 4. The van der Waals surface area contributed by atoms with E-state index in [-0.39, 0.29) is 25.9 Å². The molecule has 1 fully saturated rings. The zero-order chi connectivity index (χ0) is 61.7. The normalized spacial score (nSPS) is 17.7. The van der Waals surface area contributed by atoms with Crippen LogP contribution in [-0.2, 0) is 42.9 Å². The molecule has 6 atom stereocenters. The Kier molecular flexibility index (Phi) is 57.1. The predicted molar refractivity (Wildman–Crippen MR) is 349 cm³/mol. The molecule has 0 spiro atoms. The average Bonchev–Trinajstić information content (AvgIpc) is 3.46.